The van der Waals surface area contributed by atoms with Crippen LogP contribution in [0.15, 0.2) is 53.4 Å². The molecule has 31 heavy (non-hydrogen) atoms. The average Bonchev–Trinajstić information content (AvgIpc) is 2.73. The van der Waals surface area contributed by atoms with Crippen molar-refractivity contribution < 1.29 is 23.1 Å². The maximum Gasteiger partial charge on any atom is 0.246 e. The fraction of sp³-hybridized carbons (Fsp3) is 0.364. The van der Waals surface area contributed by atoms with Crippen molar-refractivity contribution in [3.8, 4) is 5.75 Å². The summed E-state index contributed by atoms with van der Waals surface area (Å²) in [6.45, 7) is 0. The minimum Gasteiger partial charge on any atom is -0.504 e. The van der Waals surface area contributed by atoms with Gasteiger partial charge in [-0.15, -0.1) is 0 Å². The maximum atomic E-state index is 12.5. The second-order valence-corrected chi connectivity index (χ2v) is 10.3. The fourth-order valence-corrected chi connectivity index (χ4v) is 5.12. The van der Waals surface area contributed by atoms with Gasteiger partial charge in [-0.3, -0.25) is 14.9 Å². The lowest BCUT2D eigenvalue weighted by Crippen LogP contribution is -2.71. The zero-order valence-corrected chi connectivity index (χ0v) is 18.1. The molecule has 2 fully saturated rings. The van der Waals surface area contributed by atoms with Crippen LogP contribution in [0.5, 0.6) is 5.75 Å². The van der Waals surface area contributed by atoms with Gasteiger partial charge in [-0.05, 0) is 37.0 Å². The fourth-order valence-electron chi connectivity index (χ4n) is 4.12. The van der Waals surface area contributed by atoms with E-state index >= 15 is 0 Å². The van der Waals surface area contributed by atoms with Crippen molar-refractivity contribution >= 4 is 27.3 Å². The van der Waals surface area contributed by atoms with Crippen molar-refractivity contribution in [3.63, 3.8) is 0 Å². The molecular weight excluding hydrogens is 418 g/mol. The summed E-state index contributed by atoms with van der Waals surface area (Å²) in [7, 11) is -1.14. The van der Waals surface area contributed by atoms with Crippen LogP contribution in [0, 0.1) is 0 Å². The number of rotatable bonds is 7. The number of carbonyl (C=O) groups excluding carboxylic acids is 2. The molecule has 0 bridgehead atoms. The van der Waals surface area contributed by atoms with Gasteiger partial charge in [0.25, 0.3) is 0 Å². The highest BCUT2D eigenvalue weighted by Crippen LogP contribution is 2.43. The summed E-state index contributed by atoms with van der Waals surface area (Å²) >= 11 is 0. The van der Waals surface area contributed by atoms with Gasteiger partial charge < -0.3 is 10.4 Å². The summed E-state index contributed by atoms with van der Waals surface area (Å²) in [5.41, 5.74) is 0.775. The Bertz CT molecular complexity index is 1130. The van der Waals surface area contributed by atoms with Crippen LogP contribution in [0.3, 0.4) is 0 Å². The topological polar surface area (TPSA) is 116 Å². The van der Waals surface area contributed by atoms with Crippen LogP contribution in [-0.2, 0) is 25.2 Å². The third-order valence-electron chi connectivity index (χ3n) is 6.18. The zero-order chi connectivity index (χ0) is 22.4. The number of hydrogen-bond acceptors (Lipinski definition) is 7. The Hall–Kier alpha value is -2.75. The number of hydrogen-bond donors (Lipinski definition) is 3. The number of para-hydroxylation sites is 1. The molecule has 0 amide bonds. The van der Waals surface area contributed by atoms with E-state index in [9.17, 15) is 23.1 Å². The molecule has 2 aliphatic carbocycles. The van der Waals surface area contributed by atoms with E-state index in [4.69, 9.17) is 0 Å². The molecule has 2 aliphatic rings. The first-order chi connectivity index (χ1) is 14.7. The normalized spacial score (nSPS) is 22.7. The highest BCUT2D eigenvalue weighted by atomic mass is 32.2. The van der Waals surface area contributed by atoms with Gasteiger partial charge >= 0.3 is 0 Å². The molecule has 3 N–H and O–H groups in total. The number of carbonyl (C=O) groups is 2. The van der Waals surface area contributed by atoms with Gasteiger partial charge in [0, 0.05) is 19.6 Å². The largest absolute Gasteiger partial charge is 0.504 e. The minimum absolute atomic E-state index is 0.0861. The highest BCUT2D eigenvalue weighted by molar-refractivity contribution is 7.89. The van der Waals surface area contributed by atoms with Crippen molar-refractivity contribution in [2.45, 2.75) is 41.8 Å². The van der Waals surface area contributed by atoms with Gasteiger partial charge in [0.05, 0.1) is 5.69 Å². The molecule has 0 aromatic heterocycles. The molecule has 8 nitrogen and oxygen atoms in total. The number of nitrogens with zero attached hydrogens (tertiary/aromatic N) is 1. The molecule has 0 spiro atoms. The molecule has 164 valence electrons. The van der Waals surface area contributed by atoms with Gasteiger partial charge in [0.1, 0.15) is 17.0 Å². The number of anilines is 1. The smallest absolute Gasteiger partial charge is 0.246 e. The Morgan fingerprint density at radius 2 is 1.61 bits per heavy atom. The van der Waals surface area contributed by atoms with Gasteiger partial charge in [-0.1, -0.05) is 36.4 Å². The molecule has 2 aromatic carbocycles. The standard InChI is InChI=1S/C22H25N3O5S/c1-25(2)31(29,30)16-11-6-10-15(19(16)26)23-17-18(21(28)20(17)27)24-22(12-7-13-22)14-8-4-3-5-9-14/h3-6,8-11,17-18,23-24,26H,7,12-13H2,1-2H3. The Morgan fingerprint density at radius 3 is 2.19 bits per heavy atom. The average molecular weight is 444 g/mol. The molecule has 0 radical (unpaired) electrons. The Kier molecular flexibility index (Phi) is 5.36. The van der Waals surface area contributed by atoms with Gasteiger partial charge in [-0.25, -0.2) is 12.7 Å². The monoisotopic (exact) mass is 443 g/mol. The summed E-state index contributed by atoms with van der Waals surface area (Å²) in [5, 5.41) is 16.8. The van der Waals surface area contributed by atoms with Crippen molar-refractivity contribution in [2.75, 3.05) is 19.4 Å². The third kappa shape index (κ3) is 3.52. The van der Waals surface area contributed by atoms with Crippen LogP contribution in [-0.4, -0.2) is 55.6 Å². The van der Waals surface area contributed by atoms with Crippen LogP contribution < -0.4 is 10.6 Å². The van der Waals surface area contributed by atoms with E-state index in [0.717, 1.165) is 29.1 Å². The second kappa shape index (κ2) is 7.74. The number of phenols is 1. The molecule has 0 heterocycles. The summed E-state index contributed by atoms with van der Waals surface area (Å²) in [6, 6.07) is 12.4. The van der Waals surface area contributed by atoms with Gasteiger partial charge in [0.2, 0.25) is 21.6 Å². The van der Waals surface area contributed by atoms with E-state index < -0.39 is 39.4 Å². The van der Waals surface area contributed by atoms with Crippen LogP contribution >= 0.6 is 0 Å². The zero-order valence-electron chi connectivity index (χ0n) is 17.3. The molecule has 2 atom stereocenters. The summed E-state index contributed by atoms with van der Waals surface area (Å²) in [4.78, 5) is 24.5. The SMILES string of the molecule is CN(C)S(=O)(=O)c1cccc(NC2C(=O)C(=O)C2NC2(c3ccccc3)CCC2)c1O. The number of nitrogens with one attached hydrogen (secondary N) is 2. The van der Waals surface area contributed by atoms with E-state index in [1.165, 1.54) is 32.3 Å². The van der Waals surface area contributed by atoms with Gasteiger partial charge in [0.15, 0.2) is 5.75 Å². The molecule has 0 aliphatic heterocycles. The Morgan fingerprint density at radius 1 is 0.968 bits per heavy atom. The molecule has 4 rings (SSSR count). The summed E-state index contributed by atoms with van der Waals surface area (Å²) < 4.78 is 25.9. The van der Waals surface area contributed by atoms with Crippen LogP contribution in [0.4, 0.5) is 5.69 Å². The Labute approximate surface area is 181 Å². The van der Waals surface area contributed by atoms with Crippen molar-refractivity contribution in [1.29, 1.82) is 0 Å². The molecule has 0 saturated heterocycles. The van der Waals surface area contributed by atoms with Crippen LogP contribution in [0.1, 0.15) is 24.8 Å². The van der Waals surface area contributed by atoms with Gasteiger partial charge in [-0.2, -0.15) is 0 Å². The molecule has 2 unspecified atom stereocenters. The van der Waals surface area contributed by atoms with E-state index in [2.05, 4.69) is 10.6 Å². The number of benzene rings is 2. The number of sulfonamides is 1. The molecule has 2 saturated carbocycles. The first-order valence-corrected chi connectivity index (χ1v) is 11.5. The van der Waals surface area contributed by atoms with Crippen molar-refractivity contribution in [3.05, 3.63) is 54.1 Å². The van der Waals surface area contributed by atoms with Crippen molar-refractivity contribution in [2.24, 2.45) is 0 Å². The first kappa shape index (κ1) is 21.5. The van der Waals surface area contributed by atoms with E-state index in [1.54, 1.807) is 0 Å². The minimum atomic E-state index is -3.88. The van der Waals surface area contributed by atoms with Crippen LogP contribution in [0.25, 0.3) is 0 Å². The highest BCUT2D eigenvalue weighted by Gasteiger charge is 2.53. The lowest BCUT2D eigenvalue weighted by atomic mass is 9.69. The van der Waals surface area contributed by atoms with E-state index in [-0.39, 0.29) is 16.1 Å². The predicted molar refractivity (Wildman–Crippen MR) is 115 cm³/mol. The second-order valence-electron chi connectivity index (χ2n) is 8.21. The molecule has 2 aromatic rings. The molecule has 9 heteroatoms. The number of aromatic hydroxyl groups is 1. The first-order valence-electron chi connectivity index (χ1n) is 10.1. The lowest BCUT2D eigenvalue weighted by Gasteiger charge is -2.48. The lowest BCUT2D eigenvalue weighted by molar-refractivity contribution is -0.146. The Balaban J connectivity index is 1.59. The number of Topliss-reactive ketones (excluding diaryl/α,β-unsaturated/α-hetero) is 2. The predicted octanol–water partition coefficient (Wildman–Crippen LogP) is 1.61. The molecular formula is C22H25N3O5S. The van der Waals surface area contributed by atoms with E-state index in [1.807, 2.05) is 30.3 Å². The number of ketones is 2. The maximum absolute atomic E-state index is 12.5. The van der Waals surface area contributed by atoms with Crippen molar-refractivity contribution in [1.82, 2.24) is 9.62 Å². The van der Waals surface area contributed by atoms with E-state index in [0.29, 0.717) is 0 Å². The number of phenolic OH excluding ortho intramolecular Hbond substituents is 1. The summed E-state index contributed by atoms with van der Waals surface area (Å²) in [6.07, 6.45) is 2.72. The quantitative estimate of drug-likeness (QED) is 0.440. The summed E-state index contributed by atoms with van der Waals surface area (Å²) in [5.74, 6) is -1.60. The third-order valence-corrected chi connectivity index (χ3v) is 8.02. The van der Waals surface area contributed by atoms with Crippen LogP contribution in [0.2, 0.25) is 0 Å².